The Labute approximate surface area is 101 Å². The predicted molar refractivity (Wildman–Crippen MR) is 65.0 cm³/mol. The molecule has 5 nitrogen and oxygen atoms in total. The number of carbonyl (C=O) groups is 1. The summed E-state index contributed by atoms with van der Waals surface area (Å²) in [6, 6.07) is 0. The third-order valence-electron chi connectivity index (χ3n) is 3.16. The van der Waals surface area contributed by atoms with Crippen molar-refractivity contribution in [1.29, 1.82) is 0 Å². The summed E-state index contributed by atoms with van der Waals surface area (Å²) in [7, 11) is 0. The zero-order valence-corrected chi connectivity index (χ0v) is 10.4. The van der Waals surface area contributed by atoms with Crippen LogP contribution in [0.2, 0.25) is 0 Å². The van der Waals surface area contributed by atoms with Gasteiger partial charge >= 0.3 is 0 Å². The van der Waals surface area contributed by atoms with E-state index in [0.717, 1.165) is 37.2 Å². The lowest BCUT2D eigenvalue weighted by Gasteiger charge is -2.26. The fourth-order valence-electron chi connectivity index (χ4n) is 1.93. The molecule has 0 saturated carbocycles. The molecule has 2 rings (SSSR count). The maximum absolute atomic E-state index is 12.0. The number of nitrogens with one attached hydrogen (secondary N) is 1. The van der Waals surface area contributed by atoms with Crippen LogP contribution in [0.15, 0.2) is 6.20 Å². The van der Waals surface area contributed by atoms with Crippen molar-refractivity contribution < 1.29 is 9.53 Å². The maximum atomic E-state index is 12.0. The fraction of sp³-hybridized carbons (Fsp3) is 0.667. The van der Waals surface area contributed by atoms with Crippen LogP contribution in [0, 0.1) is 0 Å². The number of H-pyrrole nitrogens is 1. The van der Waals surface area contributed by atoms with Crippen LogP contribution in [0.4, 0.5) is 5.69 Å². The number of amides is 1. The Morgan fingerprint density at radius 2 is 2.53 bits per heavy atom. The number of carbonyl (C=O) groups excluding carboxylic acids is 1. The van der Waals surface area contributed by atoms with Gasteiger partial charge in [0.25, 0.3) is 5.91 Å². The topological polar surface area (TPSA) is 58.2 Å². The standard InChI is InChI=1S/C12H19N3O2/c1-3-9(2)17-8-12(16)15-6-4-5-10-11(15)7-13-14-10/h7,9H,3-6,8H2,1-2H3,(H,13,14). The van der Waals surface area contributed by atoms with Crippen molar-refractivity contribution in [3.05, 3.63) is 11.9 Å². The molecule has 0 aromatic carbocycles. The van der Waals surface area contributed by atoms with Gasteiger partial charge < -0.3 is 9.64 Å². The number of nitrogens with zero attached hydrogens (tertiary/aromatic N) is 2. The summed E-state index contributed by atoms with van der Waals surface area (Å²) in [6.45, 7) is 4.94. The van der Waals surface area contributed by atoms with Gasteiger partial charge in [-0.2, -0.15) is 5.10 Å². The molecule has 1 atom stereocenters. The number of rotatable bonds is 4. The normalized spacial score (nSPS) is 16.7. The van der Waals surface area contributed by atoms with E-state index in [4.69, 9.17) is 4.74 Å². The van der Waals surface area contributed by atoms with Crippen molar-refractivity contribution >= 4 is 11.6 Å². The summed E-state index contributed by atoms with van der Waals surface area (Å²) < 4.78 is 5.48. The number of hydrogen-bond acceptors (Lipinski definition) is 3. The van der Waals surface area contributed by atoms with E-state index in [-0.39, 0.29) is 18.6 Å². The van der Waals surface area contributed by atoms with Gasteiger partial charge in [0.2, 0.25) is 0 Å². The van der Waals surface area contributed by atoms with Crippen LogP contribution in [-0.4, -0.2) is 35.4 Å². The zero-order valence-electron chi connectivity index (χ0n) is 10.4. The van der Waals surface area contributed by atoms with E-state index >= 15 is 0 Å². The summed E-state index contributed by atoms with van der Waals surface area (Å²) in [6.07, 6.45) is 4.71. The maximum Gasteiger partial charge on any atom is 0.253 e. The largest absolute Gasteiger partial charge is 0.369 e. The van der Waals surface area contributed by atoms with E-state index in [0.29, 0.717) is 0 Å². The van der Waals surface area contributed by atoms with Crippen LogP contribution in [0.3, 0.4) is 0 Å². The molecule has 2 heterocycles. The first kappa shape index (κ1) is 12.1. The number of anilines is 1. The molecule has 1 aliphatic rings. The highest BCUT2D eigenvalue weighted by Gasteiger charge is 2.24. The molecule has 0 spiro atoms. The van der Waals surface area contributed by atoms with Gasteiger partial charge in [0.05, 0.1) is 23.7 Å². The number of hydrogen-bond donors (Lipinski definition) is 1. The molecule has 1 N–H and O–H groups in total. The first-order chi connectivity index (χ1) is 8.22. The first-order valence-corrected chi connectivity index (χ1v) is 6.16. The number of fused-ring (bicyclic) bond motifs is 1. The molecule has 5 heteroatoms. The highest BCUT2D eigenvalue weighted by atomic mass is 16.5. The molecule has 0 radical (unpaired) electrons. The third kappa shape index (κ3) is 2.66. The molecule has 1 aromatic heterocycles. The Kier molecular flexibility index (Phi) is 3.78. The van der Waals surface area contributed by atoms with Gasteiger partial charge in [-0.3, -0.25) is 9.89 Å². The molecule has 1 amide bonds. The van der Waals surface area contributed by atoms with E-state index in [1.807, 2.05) is 13.8 Å². The van der Waals surface area contributed by atoms with Gasteiger partial charge in [-0.1, -0.05) is 6.92 Å². The number of aryl methyl sites for hydroxylation is 1. The quantitative estimate of drug-likeness (QED) is 0.863. The van der Waals surface area contributed by atoms with Crippen molar-refractivity contribution in [2.45, 2.75) is 39.2 Å². The molecule has 94 valence electrons. The van der Waals surface area contributed by atoms with Gasteiger partial charge in [-0.15, -0.1) is 0 Å². The molecule has 17 heavy (non-hydrogen) atoms. The van der Waals surface area contributed by atoms with Crippen LogP contribution >= 0.6 is 0 Å². The molecular weight excluding hydrogens is 218 g/mol. The summed E-state index contributed by atoms with van der Waals surface area (Å²) in [5.74, 6) is 0.0210. The van der Waals surface area contributed by atoms with E-state index in [1.165, 1.54) is 0 Å². The Balaban J connectivity index is 1.97. The minimum atomic E-state index is 0.0210. The van der Waals surface area contributed by atoms with Crippen molar-refractivity contribution in [2.24, 2.45) is 0 Å². The van der Waals surface area contributed by atoms with E-state index in [2.05, 4.69) is 10.2 Å². The predicted octanol–water partition coefficient (Wildman–Crippen LogP) is 1.50. The SMILES string of the molecule is CCC(C)OCC(=O)N1CCCc2[nH]ncc21. The molecule has 1 aromatic rings. The molecule has 0 saturated heterocycles. The monoisotopic (exact) mass is 237 g/mol. The van der Waals surface area contributed by atoms with Crippen LogP contribution in [0.25, 0.3) is 0 Å². The van der Waals surface area contributed by atoms with Crippen molar-refractivity contribution in [2.75, 3.05) is 18.1 Å². The first-order valence-electron chi connectivity index (χ1n) is 6.16. The van der Waals surface area contributed by atoms with Crippen LogP contribution < -0.4 is 4.90 Å². The number of aromatic amines is 1. The molecule has 1 unspecified atom stereocenters. The number of ether oxygens (including phenoxy) is 1. The van der Waals surface area contributed by atoms with Gasteiger partial charge in [0.1, 0.15) is 6.61 Å². The second kappa shape index (κ2) is 5.31. The van der Waals surface area contributed by atoms with E-state index < -0.39 is 0 Å². The lowest BCUT2D eigenvalue weighted by Crippen LogP contribution is -2.38. The minimum Gasteiger partial charge on any atom is -0.369 e. The molecule has 0 aliphatic carbocycles. The summed E-state index contributed by atoms with van der Waals surface area (Å²) in [5, 5.41) is 6.92. The summed E-state index contributed by atoms with van der Waals surface area (Å²) in [4.78, 5) is 13.8. The van der Waals surface area contributed by atoms with Gasteiger partial charge in [0.15, 0.2) is 0 Å². The fourth-order valence-corrected chi connectivity index (χ4v) is 1.93. The van der Waals surface area contributed by atoms with Gasteiger partial charge in [-0.25, -0.2) is 0 Å². The Hall–Kier alpha value is -1.36. The molecule has 1 aliphatic heterocycles. The number of aromatic nitrogens is 2. The van der Waals surface area contributed by atoms with Crippen LogP contribution in [0.5, 0.6) is 0 Å². The van der Waals surface area contributed by atoms with Gasteiger partial charge in [0, 0.05) is 6.54 Å². The highest BCUT2D eigenvalue weighted by Crippen LogP contribution is 2.24. The zero-order chi connectivity index (χ0) is 12.3. The summed E-state index contributed by atoms with van der Waals surface area (Å²) >= 11 is 0. The Morgan fingerprint density at radius 3 is 3.29 bits per heavy atom. The Morgan fingerprint density at radius 1 is 1.71 bits per heavy atom. The molecular formula is C12H19N3O2. The second-order valence-electron chi connectivity index (χ2n) is 4.41. The average molecular weight is 237 g/mol. The van der Waals surface area contributed by atoms with Gasteiger partial charge in [-0.05, 0) is 26.2 Å². The average Bonchev–Trinajstić information content (AvgIpc) is 2.83. The Bertz CT molecular complexity index is 389. The van der Waals surface area contributed by atoms with Crippen molar-refractivity contribution in [1.82, 2.24) is 10.2 Å². The minimum absolute atomic E-state index is 0.0210. The highest BCUT2D eigenvalue weighted by molar-refractivity contribution is 5.95. The van der Waals surface area contributed by atoms with E-state index in [1.54, 1.807) is 11.1 Å². The lowest BCUT2D eigenvalue weighted by molar-refractivity contribution is -0.124. The third-order valence-corrected chi connectivity index (χ3v) is 3.16. The molecule has 0 fully saturated rings. The summed E-state index contributed by atoms with van der Waals surface area (Å²) in [5.41, 5.74) is 1.96. The molecule has 0 bridgehead atoms. The van der Waals surface area contributed by atoms with Crippen LogP contribution in [0.1, 0.15) is 32.4 Å². The lowest BCUT2D eigenvalue weighted by atomic mass is 10.1. The van der Waals surface area contributed by atoms with Crippen molar-refractivity contribution in [3.63, 3.8) is 0 Å². The van der Waals surface area contributed by atoms with Crippen molar-refractivity contribution in [3.8, 4) is 0 Å². The van der Waals surface area contributed by atoms with E-state index in [9.17, 15) is 4.79 Å². The smallest absolute Gasteiger partial charge is 0.253 e. The second-order valence-corrected chi connectivity index (χ2v) is 4.41. The van der Waals surface area contributed by atoms with Crippen LogP contribution in [-0.2, 0) is 16.0 Å².